The molecule has 1 aromatic carbocycles. The molecule has 20 heavy (non-hydrogen) atoms. The smallest absolute Gasteiger partial charge is 0.119 e. The predicted molar refractivity (Wildman–Crippen MR) is 89.5 cm³/mol. The molecule has 0 aliphatic heterocycles. The first kappa shape index (κ1) is 15.8. The molecule has 106 valence electrons. The van der Waals surface area contributed by atoms with Crippen LogP contribution in [0.4, 0.5) is 0 Å². The van der Waals surface area contributed by atoms with Crippen molar-refractivity contribution in [3.05, 3.63) is 51.6 Å². The summed E-state index contributed by atoms with van der Waals surface area (Å²) in [6.45, 7) is 4.04. The Bertz CT molecular complexity index is 578. The lowest BCUT2D eigenvalue weighted by Crippen LogP contribution is -2.14. The molecule has 0 unspecified atom stereocenters. The molecule has 0 spiro atoms. The van der Waals surface area contributed by atoms with E-state index < -0.39 is 0 Å². The van der Waals surface area contributed by atoms with E-state index >= 15 is 0 Å². The molecule has 1 heterocycles. The van der Waals surface area contributed by atoms with Gasteiger partial charge in [-0.05, 0) is 42.8 Å². The second-order valence-electron chi connectivity index (χ2n) is 4.32. The van der Waals surface area contributed by atoms with Gasteiger partial charge in [0.1, 0.15) is 5.03 Å². The highest BCUT2D eigenvalue weighted by molar-refractivity contribution is 9.10. The van der Waals surface area contributed by atoms with Crippen LogP contribution in [0, 0.1) is 0 Å². The highest BCUT2D eigenvalue weighted by Gasteiger charge is 2.08. The summed E-state index contributed by atoms with van der Waals surface area (Å²) in [4.78, 5) is 5.51. The zero-order valence-corrected chi connectivity index (χ0v) is 14.4. The van der Waals surface area contributed by atoms with Gasteiger partial charge >= 0.3 is 0 Å². The van der Waals surface area contributed by atoms with E-state index in [-0.39, 0.29) is 0 Å². The Morgan fingerprint density at radius 1 is 1.35 bits per heavy atom. The second kappa shape index (κ2) is 8.03. The maximum absolute atomic E-state index is 6.18. The lowest BCUT2D eigenvalue weighted by molar-refractivity contribution is 0.669. The fraction of sp³-hybridized carbons (Fsp3) is 0.267. The Hall–Kier alpha value is -0.550. The molecular formula is C15H16BrClN2S. The van der Waals surface area contributed by atoms with Crippen LogP contribution in [-0.2, 0) is 6.54 Å². The molecular weight excluding hydrogens is 356 g/mol. The van der Waals surface area contributed by atoms with Crippen LogP contribution in [-0.4, -0.2) is 11.5 Å². The molecule has 2 rings (SSSR count). The summed E-state index contributed by atoms with van der Waals surface area (Å²) in [7, 11) is 0. The van der Waals surface area contributed by atoms with Gasteiger partial charge in [0, 0.05) is 22.1 Å². The van der Waals surface area contributed by atoms with Crippen molar-refractivity contribution in [1.82, 2.24) is 10.3 Å². The van der Waals surface area contributed by atoms with Crippen LogP contribution in [0.5, 0.6) is 0 Å². The first-order valence-corrected chi connectivity index (χ1v) is 8.47. The number of benzene rings is 1. The van der Waals surface area contributed by atoms with E-state index in [1.54, 1.807) is 18.0 Å². The summed E-state index contributed by atoms with van der Waals surface area (Å²) in [5, 5.41) is 4.95. The zero-order valence-electron chi connectivity index (χ0n) is 11.2. The lowest BCUT2D eigenvalue weighted by Gasteiger charge is -2.11. The fourth-order valence-electron chi connectivity index (χ4n) is 1.72. The van der Waals surface area contributed by atoms with Crippen LogP contribution in [0.1, 0.15) is 18.9 Å². The molecule has 0 aliphatic rings. The van der Waals surface area contributed by atoms with Crippen LogP contribution >= 0.6 is 39.3 Å². The fourth-order valence-corrected chi connectivity index (χ4v) is 3.41. The minimum Gasteiger partial charge on any atom is -0.313 e. The average Bonchev–Trinajstić information content (AvgIpc) is 2.44. The minimum atomic E-state index is 0.685. The Morgan fingerprint density at radius 2 is 2.20 bits per heavy atom. The second-order valence-corrected chi connectivity index (χ2v) is 6.67. The first-order valence-electron chi connectivity index (χ1n) is 6.48. The maximum Gasteiger partial charge on any atom is 0.119 e. The molecule has 0 bridgehead atoms. The Labute approximate surface area is 137 Å². The summed E-state index contributed by atoms with van der Waals surface area (Å²) in [5.74, 6) is 0. The summed E-state index contributed by atoms with van der Waals surface area (Å²) in [6, 6.07) is 10.0. The molecule has 2 nitrogen and oxygen atoms in total. The Balaban J connectivity index is 2.21. The Kier molecular flexibility index (Phi) is 6.36. The quantitative estimate of drug-likeness (QED) is 0.711. The van der Waals surface area contributed by atoms with Gasteiger partial charge in [-0.15, -0.1) is 0 Å². The lowest BCUT2D eigenvalue weighted by atomic mass is 10.2. The predicted octanol–water partition coefficient (Wildman–Crippen LogP) is 5.15. The molecule has 0 amide bonds. The SMILES string of the molecule is CCCNCc1ccc(Br)cc1Sc1ncccc1Cl. The topological polar surface area (TPSA) is 24.9 Å². The van der Waals surface area contributed by atoms with Crippen LogP contribution in [0.3, 0.4) is 0 Å². The molecule has 1 aromatic heterocycles. The van der Waals surface area contributed by atoms with E-state index in [4.69, 9.17) is 11.6 Å². The minimum absolute atomic E-state index is 0.685. The molecule has 0 aliphatic carbocycles. The largest absolute Gasteiger partial charge is 0.313 e. The normalized spacial score (nSPS) is 10.8. The van der Waals surface area contributed by atoms with E-state index in [1.807, 2.05) is 12.1 Å². The van der Waals surface area contributed by atoms with Crippen molar-refractivity contribution < 1.29 is 0 Å². The summed E-state index contributed by atoms with van der Waals surface area (Å²) >= 11 is 11.3. The van der Waals surface area contributed by atoms with Gasteiger partial charge in [-0.3, -0.25) is 0 Å². The first-order chi connectivity index (χ1) is 9.70. The average molecular weight is 372 g/mol. The number of nitrogens with one attached hydrogen (secondary N) is 1. The van der Waals surface area contributed by atoms with E-state index in [2.05, 4.69) is 51.4 Å². The van der Waals surface area contributed by atoms with Gasteiger partial charge in [0.05, 0.1) is 5.02 Å². The maximum atomic E-state index is 6.18. The van der Waals surface area contributed by atoms with Gasteiger partial charge in [-0.1, -0.05) is 52.3 Å². The molecule has 1 N–H and O–H groups in total. The van der Waals surface area contributed by atoms with Gasteiger partial charge in [0.25, 0.3) is 0 Å². The molecule has 2 aromatic rings. The number of hydrogen-bond acceptors (Lipinski definition) is 3. The third-order valence-electron chi connectivity index (χ3n) is 2.70. The number of rotatable bonds is 6. The number of aromatic nitrogens is 1. The highest BCUT2D eigenvalue weighted by Crippen LogP contribution is 2.34. The van der Waals surface area contributed by atoms with Crippen molar-refractivity contribution in [2.45, 2.75) is 29.8 Å². The molecule has 5 heteroatoms. The third kappa shape index (κ3) is 4.48. The van der Waals surface area contributed by atoms with Crippen LogP contribution in [0.25, 0.3) is 0 Å². The number of hydrogen-bond donors (Lipinski definition) is 1. The molecule has 0 fully saturated rings. The third-order valence-corrected chi connectivity index (χ3v) is 4.73. The molecule has 0 radical (unpaired) electrons. The van der Waals surface area contributed by atoms with Crippen LogP contribution in [0.2, 0.25) is 5.02 Å². The number of pyridine rings is 1. The number of halogens is 2. The highest BCUT2D eigenvalue weighted by atomic mass is 79.9. The van der Waals surface area contributed by atoms with Gasteiger partial charge in [-0.25, -0.2) is 4.98 Å². The van der Waals surface area contributed by atoms with Crippen molar-refractivity contribution in [3.8, 4) is 0 Å². The van der Waals surface area contributed by atoms with E-state index in [0.717, 1.165) is 29.0 Å². The van der Waals surface area contributed by atoms with E-state index in [9.17, 15) is 0 Å². The van der Waals surface area contributed by atoms with Gasteiger partial charge in [-0.2, -0.15) is 0 Å². The van der Waals surface area contributed by atoms with Crippen LogP contribution in [0.15, 0.2) is 50.9 Å². The summed E-state index contributed by atoms with van der Waals surface area (Å²) < 4.78 is 1.06. The van der Waals surface area contributed by atoms with Crippen molar-refractivity contribution >= 4 is 39.3 Å². The summed E-state index contributed by atoms with van der Waals surface area (Å²) in [5.41, 5.74) is 1.26. The van der Waals surface area contributed by atoms with E-state index in [0.29, 0.717) is 5.02 Å². The van der Waals surface area contributed by atoms with Gasteiger partial charge in [0.15, 0.2) is 0 Å². The monoisotopic (exact) mass is 370 g/mol. The van der Waals surface area contributed by atoms with Crippen LogP contribution < -0.4 is 5.32 Å². The zero-order chi connectivity index (χ0) is 14.4. The molecule has 0 atom stereocenters. The van der Waals surface area contributed by atoms with Gasteiger partial charge in [0.2, 0.25) is 0 Å². The van der Waals surface area contributed by atoms with Gasteiger partial charge < -0.3 is 5.32 Å². The summed E-state index contributed by atoms with van der Waals surface area (Å²) in [6.07, 6.45) is 2.90. The standard InChI is InChI=1S/C15H16BrClN2S/c1-2-7-18-10-11-5-6-12(16)9-14(11)20-15-13(17)4-3-8-19-15/h3-6,8-9,18H,2,7,10H2,1H3. The van der Waals surface area contributed by atoms with Crippen molar-refractivity contribution in [3.63, 3.8) is 0 Å². The van der Waals surface area contributed by atoms with Crippen molar-refractivity contribution in [2.75, 3.05) is 6.54 Å². The van der Waals surface area contributed by atoms with E-state index in [1.165, 1.54) is 10.5 Å². The Morgan fingerprint density at radius 3 is 2.95 bits per heavy atom. The molecule has 0 saturated carbocycles. The molecule has 0 saturated heterocycles. The van der Waals surface area contributed by atoms with Crippen molar-refractivity contribution in [2.24, 2.45) is 0 Å². The van der Waals surface area contributed by atoms with Crippen molar-refractivity contribution in [1.29, 1.82) is 0 Å². The number of nitrogens with zero attached hydrogens (tertiary/aromatic N) is 1.